The fourth-order valence-electron chi connectivity index (χ4n) is 2.39. The normalized spacial score (nSPS) is 16.2. The Balaban J connectivity index is 1.78. The highest BCUT2D eigenvalue weighted by Crippen LogP contribution is 2.24. The predicted molar refractivity (Wildman–Crippen MR) is 78.8 cm³/mol. The number of rotatable bonds is 5. The third-order valence-electron chi connectivity index (χ3n) is 3.48. The van der Waals surface area contributed by atoms with E-state index >= 15 is 0 Å². The molecule has 1 aromatic rings. The van der Waals surface area contributed by atoms with Gasteiger partial charge in [-0.3, -0.25) is 0 Å². The first kappa shape index (κ1) is 14.4. The van der Waals surface area contributed by atoms with Gasteiger partial charge in [0.1, 0.15) is 5.75 Å². The maximum atomic E-state index is 10.5. The van der Waals surface area contributed by atoms with Gasteiger partial charge in [0.05, 0.1) is 12.8 Å². The number of hydrogen-bond donors (Lipinski definition) is 2. The second-order valence-corrected chi connectivity index (χ2v) is 5.12. The summed E-state index contributed by atoms with van der Waals surface area (Å²) in [5, 5.41) is 3.70. The lowest BCUT2D eigenvalue weighted by Gasteiger charge is -2.21. The van der Waals surface area contributed by atoms with Crippen molar-refractivity contribution in [3.8, 4) is 5.75 Å². The molecular weight excluding hydrogens is 254 g/mol. The Morgan fingerprint density at radius 3 is 2.65 bits per heavy atom. The Morgan fingerprint density at radius 2 is 2.00 bits per heavy atom. The van der Waals surface area contributed by atoms with Gasteiger partial charge in [-0.25, -0.2) is 10.2 Å². The molecule has 0 unspecified atom stereocenters. The van der Waals surface area contributed by atoms with Crippen LogP contribution in [-0.2, 0) is 0 Å². The summed E-state index contributed by atoms with van der Waals surface area (Å²) in [5.74, 6) is 1.57. The van der Waals surface area contributed by atoms with E-state index in [0.717, 1.165) is 17.9 Å². The van der Waals surface area contributed by atoms with E-state index in [1.165, 1.54) is 38.3 Å². The number of carbonyl (C=O) groups excluding carboxylic acids is 1. The van der Waals surface area contributed by atoms with Gasteiger partial charge < -0.3 is 10.5 Å². The van der Waals surface area contributed by atoms with Crippen LogP contribution in [0.15, 0.2) is 29.4 Å². The van der Waals surface area contributed by atoms with Crippen LogP contribution in [0.3, 0.4) is 0 Å². The molecule has 1 fully saturated rings. The first-order chi connectivity index (χ1) is 9.74. The minimum atomic E-state index is -0.673. The zero-order valence-electron chi connectivity index (χ0n) is 11.5. The topological polar surface area (TPSA) is 76.7 Å². The molecule has 0 spiro atoms. The van der Waals surface area contributed by atoms with Crippen molar-refractivity contribution in [1.82, 2.24) is 5.43 Å². The Morgan fingerprint density at radius 1 is 1.30 bits per heavy atom. The van der Waals surface area contributed by atoms with Gasteiger partial charge in [0.15, 0.2) is 0 Å². The van der Waals surface area contributed by atoms with Crippen LogP contribution in [0.4, 0.5) is 4.79 Å². The fourth-order valence-corrected chi connectivity index (χ4v) is 2.39. The van der Waals surface area contributed by atoms with Crippen molar-refractivity contribution in [3.63, 3.8) is 0 Å². The summed E-state index contributed by atoms with van der Waals surface area (Å²) in [5.41, 5.74) is 7.94. The number of nitrogens with zero attached hydrogens (tertiary/aromatic N) is 1. The molecule has 0 aliphatic heterocycles. The van der Waals surface area contributed by atoms with Crippen LogP contribution in [0.5, 0.6) is 5.75 Å². The average Bonchev–Trinajstić information content (AvgIpc) is 2.47. The fraction of sp³-hybridized carbons (Fsp3) is 0.467. The summed E-state index contributed by atoms with van der Waals surface area (Å²) in [6.07, 6.45) is 8.12. The molecule has 1 aromatic carbocycles. The third-order valence-corrected chi connectivity index (χ3v) is 3.48. The molecule has 0 heterocycles. The van der Waals surface area contributed by atoms with E-state index in [2.05, 4.69) is 10.5 Å². The Hall–Kier alpha value is -2.04. The number of benzene rings is 1. The van der Waals surface area contributed by atoms with Crippen molar-refractivity contribution in [1.29, 1.82) is 0 Å². The van der Waals surface area contributed by atoms with E-state index in [-0.39, 0.29) is 0 Å². The van der Waals surface area contributed by atoms with Crippen molar-refractivity contribution in [2.45, 2.75) is 32.1 Å². The number of carbonyl (C=O) groups is 1. The summed E-state index contributed by atoms with van der Waals surface area (Å²) in [6, 6.07) is 6.93. The Bertz CT molecular complexity index is 451. The highest BCUT2D eigenvalue weighted by atomic mass is 16.5. The van der Waals surface area contributed by atoms with E-state index in [4.69, 9.17) is 10.5 Å². The molecule has 0 saturated heterocycles. The van der Waals surface area contributed by atoms with Gasteiger partial charge in [-0.1, -0.05) is 19.3 Å². The lowest BCUT2D eigenvalue weighted by Crippen LogP contribution is -2.24. The summed E-state index contributed by atoms with van der Waals surface area (Å²) < 4.78 is 5.81. The molecule has 20 heavy (non-hydrogen) atoms. The van der Waals surface area contributed by atoms with Crippen molar-refractivity contribution >= 4 is 12.2 Å². The molecule has 5 heteroatoms. The maximum absolute atomic E-state index is 10.5. The molecule has 1 aliphatic carbocycles. The van der Waals surface area contributed by atoms with E-state index in [1.807, 2.05) is 24.3 Å². The second-order valence-electron chi connectivity index (χ2n) is 5.12. The number of nitrogens with two attached hydrogens (primary N) is 1. The molecule has 1 aliphatic rings. The van der Waals surface area contributed by atoms with Gasteiger partial charge in [0.2, 0.25) is 0 Å². The number of ether oxygens (including phenoxy) is 1. The van der Waals surface area contributed by atoms with Crippen molar-refractivity contribution in [2.75, 3.05) is 6.61 Å². The van der Waals surface area contributed by atoms with Gasteiger partial charge in [-0.2, -0.15) is 5.10 Å². The molecule has 0 aromatic heterocycles. The first-order valence-corrected chi connectivity index (χ1v) is 7.05. The van der Waals surface area contributed by atoms with Crippen LogP contribution < -0.4 is 15.9 Å². The number of urea groups is 1. The van der Waals surface area contributed by atoms with E-state index < -0.39 is 6.03 Å². The first-order valence-electron chi connectivity index (χ1n) is 7.05. The average molecular weight is 275 g/mol. The monoisotopic (exact) mass is 275 g/mol. The number of nitrogens with one attached hydrogen (secondary N) is 1. The third kappa shape index (κ3) is 4.91. The molecule has 0 bridgehead atoms. The predicted octanol–water partition coefficient (Wildman–Crippen LogP) is 2.65. The summed E-state index contributed by atoms with van der Waals surface area (Å²) in [6.45, 7) is 0.802. The standard InChI is InChI=1S/C15H21N3O2/c16-15(19)18-17-10-12-6-8-14(9-7-12)20-11-13-4-2-1-3-5-13/h6-10,13H,1-5,11H2,(H3,16,18,19). The Kier molecular flexibility index (Phi) is 5.41. The van der Waals surface area contributed by atoms with Crippen molar-refractivity contribution in [2.24, 2.45) is 16.8 Å². The highest BCUT2D eigenvalue weighted by molar-refractivity contribution is 5.81. The van der Waals surface area contributed by atoms with Gasteiger partial charge in [-0.05, 0) is 48.6 Å². The number of hydrogen-bond acceptors (Lipinski definition) is 3. The molecule has 0 radical (unpaired) electrons. The van der Waals surface area contributed by atoms with Crippen LogP contribution in [0.1, 0.15) is 37.7 Å². The summed E-state index contributed by atoms with van der Waals surface area (Å²) in [7, 11) is 0. The van der Waals surface area contributed by atoms with Gasteiger partial charge >= 0.3 is 6.03 Å². The summed E-state index contributed by atoms with van der Waals surface area (Å²) >= 11 is 0. The van der Waals surface area contributed by atoms with Gasteiger partial charge in [0, 0.05) is 0 Å². The zero-order chi connectivity index (χ0) is 14.2. The maximum Gasteiger partial charge on any atom is 0.332 e. The molecule has 0 atom stereocenters. The van der Waals surface area contributed by atoms with E-state index in [0.29, 0.717) is 5.92 Å². The van der Waals surface area contributed by atoms with Crippen LogP contribution in [0, 0.1) is 5.92 Å². The number of amides is 2. The van der Waals surface area contributed by atoms with Crippen molar-refractivity contribution < 1.29 is 9.53 Å². The largest absolute Gasteiger partial charge is 0.493 e. The molecule has 108 valence electrons. The molecule has 2 amide bonds. The van der Waals surface area contributed by atoms with Crippen LogP contribution in [0.25, 0.3) is 0 Å². The summed E-state index contributed by atoms with van der Waals surface area (Å²) in [4.78, 5) is 10.5. The van der Waals surface area contributed by atoms with Gasteiger partial charge in [0.25, 0.3) is 0 Å². The molecule has 1 saturated carbocycles. The van der Waals surface area contributed by atoms with E-state index in [1.54, 1.807) is 0 Å². The van der Waals surface area contributed by atoms with Crippen LogP contribution in [-0.4, -0.2) is 18.9 Å². The Labute approximate surface area is 119 Å². The lowest BCUT2D eigenvalue weighted by atomic mass is 9.90. The molecule has 5 nitrogen and oxygen atoms in total. The number of hydrazone groups is 1. The molecule has 2 rings (SSSR count). The minimum absolute atomic E-state index is 0.673. The highest BCUT2D eigenvalue weighted by Gasteiger charge is 2.13. The van der Waals surface area contributed by atoms with Gasteiger partial charge in [-0.15, -0.1) is 0 Å². The number of primary amides is 1. The van der Waals surface area contributed by atoms with E-state index in [9.17, 15) is 4.79 Å². The van der Waals surface area contributed by atoms with Crippen LogP contribution >= 0.6 is 0 Å². The zero-order valence-corrected chi connectivity index (χ0v) is 11.5. The van der Waals surface area contributed by atoms with Crippen molar-refractivity contribution in [3.05, 3.63) is 29.8 Å². The SMILES string of the molecule is NC(=O)NN=Cc1ccc(OCC2CCCCC2)cc1. The quantitative estimate of drug-likeness (QED) is 0.640. The molecular formula is C15H21N3O2. The smallest absolute Gasteiger partial charge is 0.332 e. The second kappa shape index (κ2) is 7.53. The minimum Gasteiger partial charge on any atom is -0.493 e. The lowest BCUT2D eigenvalue weighted by molar-refractivity contribution is 0.209. The van der Waals surface area contributed by atoms with Crippen LogP contribution in [0.2, 0.25) is 0 Å². The molecule has 3 N–H and O–H groups in total.